The monoisotopic (exact) mass is 507 g/mol. The van der Waals surface area contributed by atoms with Crippen molar-refractivity contribution in [1.29, 1.82) is 0 Å². The van der Waals surface area contributed by atoms with Gasteiger partial charge in [-0.2, -0.15) is 5.10 Å². The number of benzene rings is 1. The summed E-state index contributed by atoms with van der Waals surface area (Å²) in [5, 5.41) is 8.53. The lowest BCUT2D eigenvalue weighted by Gasteiger charge is -2.14. The molecule has 0 atom stereocenters. The zero-order chi connectivity index (χ0) is 22.2. The molecule has 4 aromatic rings. The minimum absolute atomic E-state index is 0.114. The highest BCUT2D eigenvalue weighted by Crippen LogP contribution is 2.44. The van der Waals surface area contributed by atoms with Crippen molar-refractivity contribution in [2.75, 3.05) is 5.32 Å². The van der Waals surface area contributed by atoms with Gasteiger partial charge in [0.15, 0.2) is 5.13 Å². The Labute approximate surface area is 198 Å². The van der Waals surface area contributed by atoms with Gasteiger partial charge in [-0.15, -0.1) is 0 Å². The Morgan fingerprint density at radius 3 is 2.69 bits per heavy atom. The van der Waals surface area contributed by atoms with Crippen LogP contribution in [0.15, 0.2) is 47.1 Å². The van der Waals surface area contributed by atoms with E-state index in [1.807, 2.05) is 35.1 Å². The van der Waals surface area contributed by atoms with Crippen molar-refractivity contribution in [3.05, 3.63) is 64.0 Å². The maximum atomic E-state index is 11.6. The van der Waals surface area contributed by atoms with Gasteiger partial charge >= 0.3 is 0 Å². The number of pyridine rings is 1. The van der Waals surface area contributed by atoms with E-state index in [4.69, 9.17) is 5.10 Å². The molecule has 1 amide bonds. The van der Waals surface area contributed by atoms with Crippen LogP contribution in [0.1, 0.15) is 37.2 Å². The summed E-state index contributed by atoms with van der Waals surface area (Å²) in [6, 6.07) is 12.4. The second kappa shape index (κ2) is 8.60. The maximum absolute atomic E-state index is 11.6. The molecule has 3 aromatic heterocycles. The lowest BCUT2D eigenvalue weighted by molar-refractivity contribution is -0.114. The molecule has 0 saturated heterocycles. The molecule has 8 heteroatoms. The van der Waals surface area contributed by atoms with Gasteiger partial charge in [-0.3, -0.25) is 9.78 Å². The number of hydrogen-bond acceptors (Lipinski definition) is 5. The second-order valence-electron chi connectivity index (χ2n) is 7.83. The molecule has 0 spiro atoms. The average molecular weight is 508 g/mol. The van der Waals surface area contributed by atoms with Gasteiger partial charge in [-0.1, -0.05) is 40.6 Å². The molecule has 1 aromatic carbocycles. The highest BCUT2D eigenvalue weighted by molar-refractivity contribution is 9.10. The molecule has 3 heterocycles. The number of carbonyl (C=O) groups is 1. The Bertz CT molecular complexity index is 1290. The zero-order valence-electron chi connectivity index (χ0n) is 17.9. The Morgan fingerprint density at radius 1 is 1.19 bits per heavy atom. The van der Waals surface area contributed by atoms with Crippen molar-refractivity contribution < 1.29 is 4.79 Å². The van der Waals surface area contributed by atoms with Crippen LogP contribution >= 0.6 is 27.3 Å². The fourth-order valence-electron chi connectivity index (χ4n) is 4.04. The summed E-state index contributed by atoms with van der Waals surface area (Å²) in [7, 11) is 0. The number of aromatic nitrogens is 4. The van der Waals surface area contributed by atoms with E-state index in [9.17, 15) is 4.79 Å². The topological polar surface area (TPSA) is 72.7 Å². The van der Waals surface area contributed by atoms with E-state index >= 15 is 0 Å². The lowest BCUT2D eigenvalue weighted by atomic mass is 9.95. The van der Waals surface area contributed by atoms with Crippen LogP contribution in [0.4, 0.5) is 5.13 Å². The van der Waals surface area contributed by atoms with Gasteiger partial charge in [-0.25, -0.2) is 9.67 Å². The zero-order valence-corrected chi connectivity index (χ0v) is 20.3. The number of nitrogens with one attached hydrogen (secondary N) is 1. The van der Waals surface area contributed by atoms with Crippen molar-refractivity contribution in [2.24, 2.45) is 0 Å². The first-order valence-electron chi connectivity index (χ1n) is 10.6. The van der Waals surface area contributed by atoms with Crippen molar-refractivity contribution in [3.63, 3.8) is 0 Å². The van der Waals surface area contributed by atoms with Gasteiger partial charge in [0, 0.05) is 34.4 Å². The number of nitrogens with zero attached hydrogens (tertiary/aromatic N) is 4. The lowest BCUT2D eigenvalue weighted by Crippen LogP contribution is -2.07. The SMILES string of the molecule is CCCc1ccc(-c2nn(-c3ccc(Br)cc3)c3c2CCc2nc(NC(C)=O)sc2-3)cn1. The molecule has 1 aliphatic rings. The Hall–Kier alpha value is -2.84. The molecule has 0 saturated carbocycles. The molecule has 0 radical (unpaired) electrons. The number of fused-ring (bicyclic) bond motifs is 3. The number of amides is 1. The molecular weight excluding hydrogens is 486 g/mol. The van der Waals surface area contributed by atoms with E-state index in [2.05, 4.69) is 50.3 Å². The van der Waals surface area contributed by atoms with Crippen molar-refractivity contribution in [2.45, 2.75) is 39.5 Å². The first-order valence-corrected chi connectivity index (χ1v) is 12.2. The van der Waals surface area contributed by atoms with Crippen LogP contribution in [0, 0.1) is 0 Å². The van der Waals surface area contributed by atoms with Crippen LogP contribution in [0.5, 0.6) is 0 Å². The number of carbonyl (C=O) groups excluding carboxylic acids is 1. The summed E-state index contributed by atoms with van der Waals surface area (Å²) < 4.78 is 3.02. The Balaban J connectivity index is 1.68. The van der Waals surface area contributed by atoms with Gasteiger partial charge in [0.05, 0.1) is 27.6 Å². The van der Waals surface area contributed by atoms with Gasteiger partial charge < -0.3 is 5.32 Å². The average Bonchev–Trinajstić information content (AvgIpc) is 3.35. The first kappa shape index (κ1) is 21.0. The molecule has 0 bridgehead atoms. The molecule has 0 fully saturated rings. The van der Waals surface area contributed by atoms with Gasteiger partial charge in [0.2, 0.25) is 5.91 Å². The highest BCUT2D eigenvalue weighted by Gasteiger charge is 2.30. The number of hydrogen-bond donors (Lipinski definition) is 1. The summed E-state index contributed by atoms with van der Waals surface area (Å²) in [4.78, 5) is 22.0. The van der Waals surface area contributed by atoms with Crippen LogP contribution in [-0.2, 0) is 24.1 Å². The predicted octanol–water partition coefficient (Wildman–Crippen LogP) is 5.83. The maximum Gasteiger partial charge on any atom is 0.223 e. The summed E-state index contributed by atoms with van der Waals surface area (Å²) in [6.45, 7) is 3.67. The Kier molecular flexibility index (Phi) is 5.65. The molecule has 6 nitrogen and oxygen atoms in total. The third kappa shape index (κ3) is 3.89. The number of anilines is 1. The molecule has 162 valence electrons. The van der Waals surface area contributed by atoms with Crippen LogP contribution in [0.25, 0.3) is 27.5 Å². The van der Waals surface area contributed by atoms with E-state index < -0.39 is 0 Å². The van der Waals surface area contributed by atoms with Crippen molar-refractivity contribution >= 4 is 38.3 Å². The Morgan fingerprint density at radius 2 is 2.00 bits per heavy atom. The second-order valence-corrected chi connectivity index (χ2v) is 9.74. The summed E-state index contributed by atoms with van der Waals surface area (Å²) in [6.07, 6.45) is 5.64. The molecule has 32 heavy (non-hydrogen) atoms. The summed E-state index contributed by atoms with van der Waals surface area (Å²) in [5.41, 5.74) is 7.31. The smallest absolute Gasteiger partial charge is 0.223 e. The van der Waals surface area contributed by atoms with Crippen LogP contribution < -0.4 is 5.32 Å². The molecule has 1 aliphatic carbocycles. The van der Waals surface area contributed by atoms with Gasteiger partial charge in [0.25, 0.3) is 0 Å². The third-order valence-electron chi connectivity index (χ3n) is 5.47. The number of halogens is 1. The molecule has 0 unspecified atom stereocenters. The number of aryl methyl sites for hydroxylation is 2. The normalized spacial score (nSPS) is 12.3. The van der Waals surface area contributed by atoms with E-state index in [1.165, 1.54) is 23.8 Å². The minimum Gasteiger partial charge on any atom is -0.302 e. The first-order chi connectivity index (χ1) is 15.5. The largest absolute Gasteiger partial charge is 0.302 e. The quantitative estimate of drug-likeness (QED) is 0.368. The predicted molar refractivity (Wildman–Crippen MR) is 131 cm³/mol. The standard InChI is InChI=1S/C24H22BrN5OS/c1-3-4-17-8-5-15(13-26-17)21-19-11-12-20-23(32-24(28-20)27-14(2)31)22(19)30(29-21)18-9-6-16(25)7-10-18/h5-10,13H,3-4,11-12H2,1-2H3,(H,27,28,31). The van der Waals surface area contributed by atoms with Crippen LogP contribution in [0.2, 0.25) is 0 Å². The van der Waals surface area contributed by atoms with Crippen LogP contribution in [0.3, 0.4) is 0 Å². The van der Waals surface area contributed by atoms with E-state index in [0.717, 1.165) is 69.1 Å². The van der Waals surface area contributed by atoms with Crippen molar-refractivity contribution in [1.82, 2.24) is 19.7 Å². The van der Waals surface area contributed by atoms with Crippen molar-refractivity contribution in [3.8, 4) is 27.5 Å². The van der Waals surface area contributed by atoms with Crippen LogP contribution in [-0.4, -0.2) is 25.7 Å². The fraction of sp³-hybridized carbons (Fsp3) is 0.250. The molecule has 5 rings (SSSR count). The number of thiazole rings is 1. The van der Waals surface area contributed by atoms with Gasteiger partial charge in [0.1, 0.15) is 0 Å². The molecule has 1 N–H and O–H groups in total. The molecule has 0 aliphatic heterocycles. The highest BCUT2D eigenvalue weighted by atomic mass is 79.9. The van der Waals surface area contributed by atoms with E-state index in [-0.39, 0.29) is 5.91 Å². The molecular formula is C24H22BrN5OS. The summed E-state index contributed by atoms with van der Waals surface area (Å²) in [5.74, 6) is -0.114. The van der Waals surface area contributed by atoms with E-state index in [1.54, 1.807) is 0 Å². The summed E-state index contributed by atoms with van der Waals surface area (Å²) >= 11 is 5.03. The third-order valence-corrected chi connectivity index (χ3v) is 7.01. The minimum atomic E-state index is -0.114. The van der Waals surface area contributed by atoms with Gasteiger partial charge in [-0.05, 0) is 55.7 Å². The van der Waals surface area contributed by atoms with E-state index in [0.29, 0.717) is 5.13 Å². The number of rotatable bonds is 5. The fourth-order valence-corrected chi connectivity index (χ4v) is 5.42.